The molecule has 246 valence electrons. The standard InChI is InChI=1S/C42H42O6/c1-28-25-34(17-23-38(28)45-7)41(4,5)35-18-24-39(29(2)26-35)48-40(44)27-46-36-19-13-32(14-20-36)42(6,31-11-9-8-10-12-31)33-15-21-37(22-16-33)47-30(3)43/h8-26H,27H2,1-7H3. The summed E-state index contributed by atoms with van der Waals surface area (Å²) in [5.74, 6) is 1.57. The number of esters is 2. The van der Waals surface area contributed by atoms with Gasteiger partial charge in [-0.25, -0.2) is 4.79 Å². The average molecular weight is 643 g/mol. The van der Waals surface area contributed by atoms with Gasteiger partial charge in [0.2, 0.25) is 0 Å². The zero-order valence-corrected chi connectivity index (χ0v) is 28.6. The Kier molecular flexibility index (Phi) is 10.0. The van der Waals surface area contributed by atoms with Crippen LogP contribution in [0.5, 0.6) is 23.0 Å². The molecule has 6 heteroatoms. The van der Waals surface area contributed by atoms with Gasteiger partial charge >= 0.3 is 11.9 Å². The summed E-state index contributed by atoms with van der Waals surface area (Å²) in [5, 5.41) is 0. The van der Waals surface area contributed by atoms with E-state index < -0.39 is 11.4 Å². The highest BCUT2D eigenvalue weighted by Gasteiger charge is 2.31. The second kappa shape index (κ2) is 14.2. The van der Waals surface area contributed by atoms with Crippen LogP contribution in [0.25, 0.3) is 0 Å². The first-order chi connectivity index (χ1) is 22.9. The SMILES string of the molecule is COc1ccc(C(C)(C)c2ccc(OC(=O)COc3ccc(C(C)(c4ccccc4)c4ccc(OC(C)=O)cc4)cc3)c(C)c2)cc1C. The van der Waals surface area contributed by atoms with Crippen LogP contribution in [0, 0.1) is 13.8 Å². The molecule has 0 saturated heterocycles. The van der Waals surface area contributed by atoms with Gasteiger partial charge in [0.25, 0.3) is 0 Å². The highest BCUT2D eigenvalue weighted by atomic mass is 16.6. The summed E-state index contributed by atoms with van der Waals surface area (Å²) in [6.45, 7) is 11.6. The minimum atomic E-state index is -0.502. The molecular formula is C42H42O6. The molecule has 5 rings (SSSR count). The molecule has 5 aromatic rings. The second-order valence-electron chi connectivity index (χ2n) is 12.7. The van der Waals surface area contributed by atoms with Crippen LogP contribution in [0.2, 0.25) is 0 Å². The maximum absolute atomic E-state index is 12.8. The quantitative estimate of drug-likeness (QED) is 0.0814. The van der Waals surface area contributed by atoms with Crippen LogP contribution in [0.3, 0.4) is 0 Å². The predicted molar refractivity (Wildman–Crippen MR) is 188 cm³/mol. The van der Waals surface area contributed by atoms with E-state index in [9.17, 15) is 9.59 Å². The van der Waals surface area contributed by atoms with Gasteiger partial charge in [-0.3, -0.25) is 4.79 Å². The van der Waals surface area contributed by atoms with E-state index in [1.807, 2.05) is 86.6 Å². The third-order valence-corrected chi connectivity index (χ3v) is 9.07. The van der Waals surface area contributed by atoms with Crippen molar-refractivity contribution >= 4 is 11.9 Å². The molecule has 0 N–H and O–H groups in total. The average Bonchev–Trinajstić information content (AvgIpc) is 3.08. The van der Waals surface area contributed by atoms with Gasteiger partial charge in [-0.1, -0.05) is 92.7 Å². The highest BCUT2D eigenvalue weighted by Crippen LogP contribution is 2.40. The van der Waals surface area contributed by atoms with E-state index in [0.29, 0.717) is 17.2 Å². The van der Waals surface area contributed by atoms with Gasteiger partial charge in [0.05, 0.1) is 7.11 Å². The van der Waals surface area contributed by atoms with Crippen LogP contribution in [-0.2, 0) is 20.4 Å². The van der Waals surface area contributed by atoms with Crippen molar-refractivity contribution in [1.82, 2.24) is 0 Å². The molecule has 1 unspecified atom stereocenters. The first-order valence-electron chi connectivity index (χ1n) is 16.0. The number of methoxy groups -OCH3 is 1. The molecule has 0 fully saturated rings. The van der Waals surface area contributed by atoms with E-state index in [4.69, 9.17) is 18.9 Å². The topological polar surface area (TPSA) is 71.1 Å². The number of aryl methyl sites for hydroxylation is 2. The Morgan fingerprint density at radius 2 is 1.06 bits per heavy atom. The second-order valence-corrected chi connectivity index (χ2v) is 12.7. The van der Waals surface area contributed by atoms with Gasteiger partial charge in [-0.05, 0) is 96.1 Å². The summed E-state index contributed by atoms with van der Waals surface area (Å²) in [7, 11) is 1.68. The molecule has 0 aliphatic carbocycles. The first kappa shape index (κ1) is 34.0. The fourth-order valence-electron chi connectivity index (χ4n) is 6.06. The molecule has 0 spiro atoms. The lowest BCUT2D eigenvalue weighted by Gasteiger charge is -2.32. The van der Waals surface area contributed by atoms with Crippen LogP contribution >= 0.6 is 0 Å². The lowest BCUT2D eigenvalue weighted by molar-refractivity contribution is -0.136. The lowest BCUT2D eigenvalue weighted by Crippen LogP contribution is -2.25. The zero-order valence-electron chi connectivity index (χ0n) is 28.6. The third kappa shape index (κ3) is 7.28. The molecular weight excluding hydrogens is 600 g/mol. The molecule has 0 heterocycles. The van der Waals surface area contributed by atoms with Crippen molar-refractivity contribution in [2.45, 2.75) is 52.4 Å². The van der Waals surface area contributed by atoms with Gasteiger partial charge in [0, 0.05) is 17.8 Å². The van der Waals surface area contributed by atoms with Crippen LogP contribution in [-0.4, -0.2) is 25.7 Å². The highest BCUT2D eigenvalue weighted by molar-refractivity contribution is 5.74. The minimum absolute atomic E-state index is 0.231. The summed E-state index contributed by atoms with van der Waals surface area (Å²) < 4.78 is 22.2. The lowest BCUT2D eigenvalue weighted by atomic mass is 9.71. The molecule has 0 radical (unpaired) electrons. The van der Waals surface area contributed by atoms with Gasteiger partial charge in [0.15, 0.2) is 6.61 Å². The first-order valence-corrected chi connectivity index (χ1v) is 16.0. The van der Waals surface area contributed by atoms with Crippen LogP contribution < -0.4 is 18.9 Å². The predicted octanol–water partition coefficient (Wildman–Crippen LogP) is 8.90. The molecule has 0 aromatic heterocycles. The zero-order chi connectivity index (χ0) is 34.5. The van der Waals surface area contributed by atoms with Crippen molar-refractivity contribution in [3.8, 4) is 23.0 Å². The molecule has 6 nitrogen and oxygen atoms in total. The molecule has 0 bridgehead atoms. The summed E-state index contributed by atoms with van der Waals surface area (Å²) in [6, 6.07) is 37.6. The third-order valence-electron chi connectivity index (χ3n) is 9.07. The van der Waals surface area contributed by atoms with Crippen molar-refractivity contribution in [2.75, 3.05) is 13.7 Å². The smallest absolute Gasteiger partial charge is 0.349 e. The molecule has 0 saturated carbocycles. The molecule has 0 amide bonds. The van der Waals surface area contributed by atoms with E-state index in [1.165, 1.54) is 12.5 Å². The summed E-state index contributed by atoms with van der Waals surface area (Å²) >= 11 is 0. The number of hydrogen-bond acceptors (Lipinski definition) is 6. The number of carbonyl (C=O) groups excluding carboxylic acids is 2. The Balaban J connectivity index is 1.27. The van der Waals surface area contributed by atoms with Gasteiger partial charge in [-0.2, -0.15) is 0 Å². The van der Waals surface area contributed by atoms with Gasteiger partial charge < -0.3 is 18.9 Å². The fourth-order valence-corrected chi connectivity index (χ4v) is 6.06. The Bertz CT molecular complexity index is 1890. The molecule has 48 heavy (non-hydrogen) atoms. The minimum Gasteiger partial charge on any atom is -0.496 e. The Labute approximate surface area is 283 Å². The summed E-state index contributed by atoms with van der Waals surface area (Å²) in [4.78, 5) is 24.3. The molecule has 0 aliphatic heterocycles. The molecule has 1 atom stereocenters. The van der Waals surface area contributed by atoms with Gasteiger partial charge in [0.1, 0.15) is 23.0 Å². The van der Waals surface area contributed by atoms with Gasteiger partial charge in [-0.15, -0.1) is 0 Å². The van der Waals surface area contributed by atoms with Crippen molar-refractivity contribution in [3.05, 3.63) is 154 Å². The number of hydrogen-bond donors (Lipinski definition) is 0. The van der Waals surface area contributed by atoms with E-state index in [1.54, 1.807) is 19.2 Å². The van der Waals surface area contributed by atoms with Crippen LogP contribution in [0.1, 0.15) is 66.6 Å². The van der Waals surface area contributed by atoms with E-state index in [-0.39, 0.29) is 18.0 Å². The number of rotatable bonds is 11. The largest absolute Gasteiger partial charge is 0.496 e. The summed E-state index contributed by atoms with van der Waals surface area (Å²) in [6.07, 6.45) is 0. The number of benzene rings is 5. The van der Waals surface area contributed by atoms with Crippen molar-refractivity contribution in [1.29, 1.82) is 0 Å². The summed E-state index contributed by atoms with van der Waals surface area (Å²) in [5.41, 5.74) is 6.64. The van der Waals surface area contributed by atoms with Crippen molar-refractivity contribution in [3.63, 3.8) is 0 Å². The van der Waals surface area contributed by atoms with E-state index in [2.05, 4.69) is 51.1 Å². The molecule has 0 aliphatic rings. The monoisotopic (exact) mass is 642 g/mol. The van der Waals surface area contributed by atoms with Crippen molar-refractivity contribution < 1.29 is 28.5 Å². The number of ether oxygens (including phenoxy) is 4. The maximum atomic E-state index is 12.8. The van der Waals surface area contributed by atoms with Crippen molar-refractivity contribution in [2.24, 2.45) is 0 Å². The number of carbonyl (C=O) groups is 2. The maximum Gasteiger partial charge on any atom is 0.349 e. The van der Waals surface area contributed by atoms with Crippen LogP contribution in [0.4, 0.5) is 0 Å². The van der Waals surface area contributed by atoms with E-state index >= 15 is 0 Å². The van der Waals surface area contributed by atoms with Crippen LogP contribution in [0.15, 0.2) is 115 Å². The normalized spacial score (nSPS) is 12.5. The van der Waals surface area contributed by atoms with E-state index in [0.717, 1.165) is 39.1 Å². The Morgan fingerprint density at radius 1 is 0.583 bits per heavy atom. The fraction of sp³-hybridized carbons (Fsp3) is 0.238. The Morgan fingerprint density at radius 3 is 1.56 bits per heavy atom. The Hall–Kier alpha value is -5.36. The molecule has 5 aromatic carbocycles.